The Labute approximate surface area is 165 Å². The molecule has 6 heteroatoms. The molecule has 1 amide bonds. The lowest BCUT2D eigenvalue weighted by Gasteiger charge is -2.25. The Bertz CT molecular complexity index is 957. The van der Waals surface area contributed by atoms with Crippen molar-refractivity contribution in [1.29, 1.82) is 0 Å². The molecule has 0 saturated carbocycles. The normalized spacial score (nSPS) is 13.1. The van der Waals surface area contributed by atoms with Gasteiger partial charge in [0.1, 0.15) is 0 Å². The molecule has 28 heavy (non-hydrogen) atoms. The third-order valence-corrected chi connectivity index (χ3v) is 4.90. The van der Waals surface area contributed by atoms with Gasteiger partial charge in [-0.1, -0.05) is 42.5 Å². The van der Waals surface area contributed by atoms with E-state index in [2.05, 4.69) is 22.5 Å². The van der Waals surface area contributed by atoms with E-state index in [1.54, 1.807) is 17.1 Å². The fourth-order valence-electron chi connectivity index (χ4n) is 3.40. The number of anilines is 1. The number of benzene rings is 2. The van der Waals surface area contributed by atoms with E-state index in [9.17, 15) is 9.90 Å². The van der Waals surface area contributed by atoms with Crippen LogP contribution >= 0.6 is 0 Å². The van der Waals surface area contributed by atoms with Gasteiger partial charge < -0.3 is 15.3 Å². The number of aliphatic hydroxyl groups is 1. The summed E-state index contributed by atoms with van der Waals surface area (Å²) in [6.45, 7) is 4.78. The molecule has 0 aliphatic heterocycles. The molecule has 0 saturated heterocycles. The van der Waals surface area contributed by atoms with Gasteiger partial charge in [0, 0.05) is 12.7 Å². The van der Waals surface area contributed by atoms with Crippen LogP contribution in [0, 0.1) is 0 Å². The van der Waals surface area contributed by atoms with Crippen LogP contribution in [-0.4, -0.2) is 52.4 Å². The minimum Gasteiger partial charge on any atom is -0.390 e. The molecule has 2 N–H and O–H groups in total. The Morgan fingerprint density at radius 2 is 1.93 bits per heavy atom. The fourth-order valence-corrected chi connectivity index (χ4v) is 3.40. The van der Waals surface area contributed by atoms with Crippen molar-refractivity contribution in [1.82, 2.24) is 14.7 Å². The van der Waals surface area contributed by atoms with Gasteiger partial charge >= 0.3 is 0 Å². The van der Waals surface area contributed by atoms with E-state index in [1.165, 1.54) is 0 Å². The van der Waals surface area contributed by atoms with Gasteiger partial charge in [-0.05, 0) is 44.3 Å². The van der Waals surface area contributed by atoms with Crippen molar-refractivity contribution in [2.75, 3.05) is 26.0 Å². The first-order valence-corrected chi connectivity index (χ1v) is 9.42. The minimum absolute atomic E-state index is 0.0998. The highest BCUT2D eigenvalue weighted by atomic mass is 16.3. The van der Waals surface area contributed by atoms with Gasteiger partial charge in [0.15, 0.2) is 0 Å². The second-order valence-corrected chi connectivity index (χ2v) is 7.97. The summed E-state index contributed by atoms with van der Waals surface area (Å²) in [7, 11) is 3.82. The molecule has 1 unspecified atom stereocenters. The van der Waals surface area contributed by atoms with Gasteiger partial charge in [0.05, 0.1) is 29.9 Å². The van der Waals surface area contributed by atoms with Crippen molar-refractivity contribution in [3.63, 3.8) is 0 Å². The highest BCUT2D eigenvalue weighted by molar-refractivity contribution is 6.01. The van der Waals surface area contributed by atoms with Crippen LogP contribution in [0.2, 0.25) is 0 Å². The smallest absolute Gasteiger partial charge is 0.234 e. The number of rotatable bonds is 7. The average molecular weight is 380 g/mol. The van der Waals surface area contributed by atoms with Crippen LogP contribution in [0.5, 0.6) is 0 Å². The molecule has 6 nitrogen and oxygen atoms in total. The van der Waals surface area contributed by atoms with Crippen molar-refractivity contribution < 1.29 is 9.90 Å². The molecule has 0 radical (unpaired) electrons. The van der Waals surface area contributed by atoms with Crippen molar-refractivity contribution in [2.45, 2.75) is 31.9 Å². The lowest BCUT2D eigenvalue weighted by molar-refractivity contribution is -0.120. The number of hydrogen-bond acceptors (Lipinski definition) is 4. The van der Waals surface area contributed by atoms with Gasteiger partial charge in [-0.25, -0.2) is 0 Å². The zero-order valence-electron chi connectivity index (χ0n) is 16.9. The summed E-state index contributed by atoms with van der Waals surface area (Å²) >= 11 is 0. The predicted octanol–water partition coefficient (Wildman–Crippen LogP) is 2.88. The third kappa shape index (κ3) is 4.40. The summed E-state index contributed by atoms with van der Waals surface area (Å²) in [5.41, 5.74) is 0.889. The number of carbonyl (C=O) groups excluding carboxylic acids is 1. The number of fused-ring (bicyclic) bond motifs is 1. The van der Waals surface area contributed by atoms with Crippen LogP contribution in [0.3, 0.4) is 0 Å². The number of hydrogen-bond donors (Lipinski definition) is 2. The molecule has 1 aromatic heterocycles. The number of likely N-dealkylation sites (N-methyl/N-ethyl adjacent to an activating group) is 1. The van der Waals surface area contributed by atoms with Crippen molar-refractivity contribution in [3.05, 3.63) is 60.4 Å². The predicted molar refractivity (Wildman–Crippen MR) is 112 cm³/mol. The molecule has 148 valence electrons. The van der Waals surface area contributed by atoms with Crippen LogP contribution < -0.4 is 5.32 Å². The molecule has 2 aromatic carbocycles. The van der Waals surface area contributed by atoms with Gasteiger partial charge in [-0.3, -0.25) is 9.48 Å². The van der Waals surface area contributed by atoms with Crippen LogP contribution in [0.15, 0.2) is 54.9 Å². The number of nitrogens with one attached hydrogen (secondary N) is 1. The molecule has 0 aliphatic rings. The maximum Gasteiger partial charge on any atom is 0.234 e. The van der Waals surface area contributed by atoms with Crippen molar-refractivity contribution >= 4 is 22.4 Å². The monoisotopic (exact) mass is 380 g/mol. The van der Waals surface area contributed by atoms with E-state index >= 15 is 0 Å². The molecule has 3 aromatic rings. The second-order valence-electron chi connectivity index (χ2n) is 7.97. The largest absolute Gasteiger partial charge is 0.390 e. The van der Waals surface area contributed by atoms with E-state index in [0.717, 1.165) is 16.3 Å². The highest BCUT2D eigenvalue weighted by Crippen LogP contribution is 2.31. The van der Waals surface area contributed by atoms with Crippen molar-refractivity contribution in [2.24, 2.45) is 0 Å². The highest BCUT2D eigenvalue weighted by Gasteiger charge is 2.31. The average Bonchev–Trinajstić information content (AvgIpc) is 3.07. The Morgan fingerprint density at radius 1 is 1.21 bits per heavy atom. The molecule has 0 aliphatic carbocycles. The first-order valence-electron chi connectivity index (χ1n) is 9.42. The van der Waals surface area contributed by atoms with Gasteiger partial charge in [0.2, 0.25) is 5.91 Å². The van der Waals surface area contributed by atoms with E-state index in [4.69, 9.17) is 0 Å². The zero-order chi connectivity index (χ0) is 20.3. The summed E-state index contributed by atoms with van der Waals surface area (Å²) in [6.07, 6.45) is 2.83. The SMILES string of the molecule is CN(C)CC(O)Cn1cc(NC(=O)C(C)(C)c2cccc3ccccc23)cn1. The summed E-state index contributed by atoms with van der Waals surface area (Å²) in [5.74, 6) is -0.0998. The Balaban J connectivity index is 1.75. The summed E-state index contributed by atoms with van der Waals surface area (Å²) in [4.78, 5) is 15.0. The first-order chi connectivity index (χ1) is 13.3. The first kappa shape index (κ1) is 20.0. The van der Waals surface area contributed by atoms with E-state index < -0.39 is 11.5 Å². The van der Waals surface area contributed by atoms with Crippen LogP contribution in [0.25, 0.3) is 10.8 Å². The molecule has 0 spiro atoms. The molecule has 0 bridgehead atoms. The standard InChI is InChI=1S/C22H28N4O2/c1-22(2,20-11-7-9-16-8-5-6-10-19(16)20)21(28)24-17-12-23-26(13-17)15-18(27)14-25(3)4/h5-13,18,27H,14-15H2,1-4H3,(H,24,28). The molecular formula is C22H28N4O2. The Morgan fingerprint density at radius 3 is 2.68 bits per heavy atom. The fraction of sp³-hybridized carbons (Fsp3) is 0.364. The van der Waals surface area contributed by atoms with Gasteiger partial charge in [0.25, 0.3) is 0 Å². The van der Waals surface area contributed by atoms with E-state index in [1.807, 2.05) is 63.2 Å². The molecular weight excluding hydrogens is 352 g/mol. The summed E-state index contributed by atoms with van der Waals surface area (Å²) in [6, 6.07) is 14.1. The van der Waals surface area contributed by atoms with Gasteiger partial charge in [-0.2, -0.15) is 5.10 Å². The maximum atomic E-state index is 13.1. The number of carbonyl (C=O) groups is 1. The number of amides is 1. The van der Waals surface area contributed by atoms with Crippen LogP contribution in [0.4, 0.5) is 5.69 Å². The maximum absolute atomic E-state index is 13.1. The summed E-state index contributed by atoms with van der Waals surface area (Å²) in [5, 5.41) is 19.5. The third-order valence-electron chi connectivity index (χ3n) is 4.90. The molecule has 3 rings (SSSR count). The Hall–Kier alpha value is -2.70. The molecule has 1 atom stereocenters. The Kier molecular flexibility index (Phi) is 5.82. The van der Waals surface area contributed by atoms with Crippen LogP contribution in [0.1, 0.15) is 19.4 Å². The number of nitrogens with zero attached hydrogens (tertiary/aromatic N) is 3. The number of aliphatic hydroxyl groups excluding tert-OH is 1. The minimum atomic E-state index is -0.715. The van der Waals surface area contributed by atoms with Crippen LogP contribution in [-0.2, 0) is 16.8 Å². The zero-order valence-corrected chi connectivity index (χ0v) is 16.9. The van der Waals surface area contributed by atoms with Crippen molar-refractivity contribution in [3.8, 4) is 0 Å². The quantitative estimate of drug-likeness (QED) is 0.661. The van der Waals surface area contributed by atoms with E-state index in [0.29, 0.717) is 18.8 Å². The lowest BCUT2D eigenvalue weighted by atomic mass is 9.81. The lowest BCUT2D eigenvalue weighted by Crippen LogP contribution is -2.34. The van der Waals surface area contributed by atoms with E-state index in [-0.39, 0.29) is 5.91 Å². The summed E-state index contributed by atoms with van der Waals surface area (Å²) < 4.78 is 1.65. The van der Waals surface area contributed by atoms with Gasteiger partial charge in [-0.15, -0.1) is 0 Å². The number of aromatic nitrogens is 2. The topological polar surface area (TPSA) is 70.4 Å². The molecule has 0 fully saturated rings. The second kappa shape index (κ2) is 8.12. The molecule has 1 heterocycles.